The van der Waals surface area contributed by atoms with Gasteiger partial charge in [0.15, 0.2) is 5.96 Å². The Labute approximate surface area is 181 Å². The second-order valence-corrected chi connectivity index (χ2v) is 6.91. The van der Waals surface area contributed by atoms with Crippen LogP contribution in [0.4, 0.5) is 0 Å². The summed E-state index contributed by atoms with van der Waals surface area (Å²) in [5.74, 6) is 1.29. The van der Waals surface area contributed by atoms with Crippen molar-refractivity contribution >= 4 is 47.2 Å². The van der Waals surface area contributed by atoms with E-state index in [1.54, 1.807) is 25.5 Å². The average molecular weight is 503 g/mol. The van der Waals surface area contributed by atoms with Crippen LogP contribution in [0.3, 0.4) is 0 Å². The van der Waals surface area contributed by atoms with Crippen molar-refractivity contribution in [2.45, 2.75) is 19.9 Å². The number of rotatable bonds is 8. The van der Waals surface area contributed by atoms with E-state index in [2.05, 4.69) is 25.9 Å². The minimum absolute atomic E-state index is 0. The van der Waals surface area contributed by atoms with E-state index in [9.17, 15) is 4.79 Å². The van der Waals surface area contributed by atoms with E-state index in [0.29, 0.717) is 19.0 Å². The molecular formula is C18H26IN5O2S. The van der Waals surface area contributed by atoms with Crippen LogP contribution in [0.2, 0.25) is 0 Å². The number of carbonyl (C=O) groups is 1. The van der Waals surface area contributed by atoms with E-state index in [4.69, 9.17) is 4.74 Å². The first-order valence-electron chi connectivity index (χ1n) is 8.36. The highest BCUT2D eigenvalue weighted by Crippen LogP contribution is 2.11. The summed E-state index contributed by atoms with van der Waals surface area (Å²) in [5, 5.41) is 10.1. The lowest BCUT2D eigenvalue weighted by molar-refractivity contribution is -0.120. The molecule has 9 heteroatoms. The molecule has 0 saturated carbocycles. The fourth-order valence-corrected chi connectivity index (χ4v) is 2.98. The summed E-state index contributed by atoms with van der Waals surface area (Å²) in [6.45, 7) is 3.38. The number of nitrogens with one attached hydrogen (secondary N) is 3. The summed E-state index contributed by atoms with van der Waals surface area (Å²) >= 11 is 1.69. The molecule has 2 rings (SSSR count). The summed E-state index contributed by atoms with van der Waals surface area (Å²) in [7, 11) is 3.31. The molecule has 0 aliphatic carbocycles. The van der Waals surface area contributed by atoms with Crippen molar-refractivity contribution in [3.8, 4) is 5.75 Å². The molecule has 148 valence electrons. The molecule has 0 aliphatic rings. The normalized spacial score (nSPS) is 10.7. The largest absolute Gasteiger partial charge is 0.497 e. The number of aryl methyl sites for hydroxylation is 1. The number of carbonyl (C=O) groups excluding carboxylic acids is 1. The van der Waals surface area contributed by atoms with Crippen LogP contribution >= 0.6 is 35.3 Å². The Morgan fingerprint density at radius 1 is 1.22 bits per heavy atom. The maximum atomic E-state index is 12.0. The summed E-state index contributed by atoms with van der Waals surface area (Å²) in [5.41, 5.74) is 1.01. The van der Waals surface area contributed by atoms with Crippen molar-refractivity contribution in [2.75, 3.05) is 27.2 Å². The smallest absolute Gasteiger partial charge is 0.239 e. The van der Waals surface area contributed by atoms with E-state index in [0.717, 1.165) is 22.7 Å². The molecule has 3 N–H and O–H groups in total. The van der Waals surface area contributed by atoms with Gasteiger partial charge in [-0.2, -0.15) is 0 Å². The van der Waals surface area contributed by atoms with Crippen LogP contribution in [-0.4, -0.2) is 44.1 Å². The lowest BCUT2D eigenvalue weighted by Gasteiger charge is -2.11. The first kappa shape index (κ1) is 23.2. The Morgan fingerprint density at radius 3 is 2.56 bits per heavy atom. The highest BCUT2D eigenvalue weighted by Gasteiger charge is 2.05. The highest BCUT2D eigenvalue weighted by molar-refractivity contribution is 14.0. The third kappa shape index (κ3) is 8.57. The fourth-order valence-electron chi connectivity index (χ4n) is 2.20. The van der Waals surface area contributed by atoms with Gasteiger partial charge in [0, 0.05) is 37.6 Å². The minimum Gasteiger partial charge on any atom is -0.497 e. The molecule has 0 atom stereocenters. The van der Waals surface area contributed by atoms with Gasteiger partial charge in [-0.15, -0.1) is 35.3 Å². The Bertz CT molecular complexity index is 734. The van der Waals surface area contributed by atoms with E-state index in [-0.39, 0.29) is 36.4 Å². The number of halogens is 1. The van der Waals surface area contributed by atoms with Crippen LogP contribution < -0.4 is 20.7 Å². The topological polar surface area (TPSA) is 87.6 Å². The van der Waals surface area contributed by atoms with Gasteiger partial charge in [0.05, 0.1) is 18.7 Å². The number of ether oxygens (including phenoxy) is 1. The van der Waals surface area contributed by atoms with Gasteiger partial charge in [0.2, 0.25) is 5.91 Å². The van der Waals surface area contributed by atoms with Gasteiger partial charge in [0.1, 0.15) is 5.75 Å². The molecule has 0 fully saturated rings. The van der Waals surface area contributed by atoms with Gasteiger partial charge >= 0.3 is 0 Å². The van der Waals surface area contributed by atoms with E-state index in [1.807, 2.05) is 37.4 Å². The summed E-state index contributed by atoms with van der Waals surface area (Å²) < 4.78 is 5.11. The molecular weight excluding hydrogens is 477 g/mol. The lowest BCUT2D eigenvalue weighted by Crippen LogP contribution is -2.43. The number of thiazole rings is 1. The molecule has 27 heavy (non-hydrogen) atoms. The standard InChI is InChI=1S/C18H25N5O2S.HI/c1-13-10-22-17(26-13)8-9-20-18(19-2)23-12-16(24)21-11-14-4-6-15(25-3)7-5-14;/h4-7,10H,8-9,11-12H2,1-3H3,(H,21,24)(H2,19,20,23);1H. The van der Waals surface area contributed by atoms with Crippen LogP contribution in [0, 0.1) is 6.92 Å². The second kappa shape index (κ2) is 12.5. The summed E-state index contributed by atoms with van der Waals surface area (Å²) in [4.78, 5) is 21.6. The zero-order valence-corrected chi connectivity index (χ0v) is 18.9. The van der Waals surface area contributed by atoms with Gasteiger partial charge in [-0.05, 0) is 24.6 Å². The predicted octanol–water partition coefficient (Wildman–Crippen LogP) is 2.10. The van der Waals surface area contributed by atoms with Crippen molar-refractivity contribution in [2.24, 2.45) is 4.99 Å². The fraction of sp³-hybridized carbons (Fsp3) is 0.389. The van der Waals surface area contributed by atoms with Crippen LogP contribution in [0.1, 0.15) is 15.4 Å². The molecule has 7 nitrogen and oxygen atoms in total. The molecule has 0 aliphatic heterocycles. The molecule has 2 aromatic rings. The van der Waals surface area contributed by atoms with Crippen molar-refractivity contribution in [1.82, 2.24) is 20.9 Å². The Balaban J connectivity index is 0.00000364. The van der Waals surface area contributed by atoms with Crippen LogP contribution in [0.25, 0.3) is 0 Å². The number of nitrogens with zero attached hydrogens (tertiary/aromatic N) is 2. The molecule has 1 amide bonds. The van der Waals surface area contributed by atoms with Gasteiger partial charge in [0.25, 0.3) is 0 Å². The quantitative estimate of drug-likeness (QED) is 0.292. The van der Waals surface area contributed by atoms with E-state index < -0.39 is 0 Å². The van der Waals surface area contributed by atoms with Crippen molar-refractivity contribution in [1.29, 1.82) is 0 Å². The number of hydrogen-bond donors (Lipinski definition) is 3. The summed E-state index contributed by atoms with van der Waals surface area (Å²) in [6, 6.07) is 7.59. The number of benzene rings is 1. The third-order valence-corrected chi connectivity index (χ3v) is 4.56. The minimum atomic E-state index is -0.0979. The Morgan fingerprint density at radius 2 is 1.96 bits per heavy atom. The molecule has 0 spiro atoms. The third-order valence-electron chi connectivity index (χ3n) is 3.59. The zero-order chi connectivity index (χ0) is 18.8. The number of aromatic nitrogens is 1. The van der Waals surface area contributed by atoms with Gasteiger partial charge in [-0.25, -0.2) is 4.98 Å². The highest BCUT2D eigenvalue weighted by atomic mass is 127. The number of amides is 1. The number of guanidine groups is 1. The first-order valence-corrected chi connectivity index (χ1v) is 9.18. The van der Waals surface area contributed by atoms with Gasteiger partial charge in [-0.1, -0.05) is 12.1 Å². The number of aliphatic imine (C=N–C) groups is 1. The van der Waals surface area contributed by atoms with E-state index >= 15 is 0 Å². The number of methoxy groups -OCH3 is 1. The first-order chi connectivity index (χ1) is 12.6. The van der Waals surface area contributed by atoms with Gasteiger partial charge < -0.3 is 20.7 Å². The number of hydrogen-bond acceptors (Lipinski definition) is 5. The maximum Gasteiger partial charge on any atom is 0.239 e. The average Bonchev–Trinajstić information content (AvgIpc) is 3.08. The van der Waals surface area contributed by atoms with E-state index in [1.165, 1.54) is 4.88 Å². The monoisotopic (exact) mass is 503 g/mol. The SMILES string of the molecule is CN=C(NCCc1ncc(C)s1)NCC(=O)NCc1ccc(OC)cc1.I. The molecule has 0 bridgehead atoms. The molecule has 0 unspecified atom stereocenters. The maximum absolute atomic E-state index is 12.0. The molecule has 1 aromatic heterocycles. The zero-order valence-electron chi connectivity index (χ0n) is 15.7. The molecule has 0 saturated heterocycles. The Hall–Kier alpha value is -1.88. The van der Waals surface area contributed by atoms with Crippen LogP contribution in [0.15, 0.2) is 35.5 Å². The second-order valence-electron chi connectivity index (χ2n) is 5.59. The molecule has 1 heterocycles. The summed E-state index contributed by atoms with van der Waals surface area (Å²) in [6.07, 6.45) is 2.70. The molecule has 1 aromatic carbocycles. The van der Waals surface area contributed by atoms with Crippen molar-refractivity contribution < 1.29 is 9.53 Å². The predicted molar refractivity (Wildman–Crippen MR) is 120 cm³/mol. The Kier molecular flexibility index (Phi) is 10.7. The van der Waals surface area contributed by atoms with Crippen LogP contribution in [0.5, 0.6) is 5.75 Å². The van der Waals surface area contributed by atoms with Crippen molar-refractivity contribution in [3.63, 3.8) is 0 Å². The van der Waals surface area contributed by atoms with Gasteiger partial charge in [-0.3, -0.25) is 9.79 Å². The van der Waals surface area contributed by atoms with Crippen LogP contribution in [-0.2, 0) is 17.8 Å². The van der Waals surface area contributed by atoms with Crippen molar-refractivity contribution in [3.05, 3.63) is 45.9 Å². The lowest BCUT2D eigenvalue weighted by atomic mass is 10.2. The molecule has 0 radical (unpaired) electrons.